The van der Waals surface area contributed by atoms with Gasteiger partial charge in [-0.1, -0.05) is 11.6 Å². The first-order valence-electron chi connectivity index (χ1n) is 8.15. The summed E-state index contributed by atoms with van der Waals surface area (Å²) in [4.78, 5) is 23.8. The molecule has 0 aliphatic rings. The molecule has 5 nitrogen and oxygen atoms in total. The van der Waals surface area contributed by atoms with Gasteiger partial charge in [-0.15, -0.1) is 0 Å². The van der Waals surface area contributed by atoms with Gasteiger partial charge < -0.3 is 15.4 Å². The van der Waals surface area contributed by atoms with Crippen molar-refractivity contribution in [2.24, 2.45) is 0 Å². The third-order valence-electron chi connectivity index (χ3n) is 3.42. The van der Waals surface area contributed by atoms with E-state index in [1.165, 1.54) is 0 Å². The van der Waals surface area contributed by atoms with E-state index in [0.717, 1.165) is 11.4 Å². The number of ether oxygens (including phenoxy) is 1. The number of hydrogen-bond donors (Lipinski definition) is 2. The molecule has 2 N–H and O–H groups in total. The SMILES string of the molecule is CCOc1ccc(NC(=O)CCCNC(=O)c2ccc(Cl)cc2)cc1. The summed E-state index contributed by atoms with van der Waals surface area (Å²) in [7, 11) is 0. The maximum atomic E-state index is 11.9. The van der Waals surface area contributed by atoms with Gasteiger partial charge in [-0.2, -0.15) is 0 Å². The molecular weight excluding hydrogens is 340 g/mol. The number of hydrogen-bond acceptors (Lipinski definition) is 3. The number of anilines is 1. The van der Waals surface area contributed by atoms with Gasteiger partial charge in [0, 0.05) is 29.2 Å². The lowest BCUT2D eigenvalue weighted by Gasteiger charge is -2.08. The second-order valence-corrected chi connectivity index (χ2v) is 5.81. The Morgan fingerprint density at radius 3 is 2.36 bits per heavy atom. The molecule has 0 spiro atoms. The van der Waals surface area contributed by atoms with Gasteiger partial charge in [0.2, 0.25) is 5.91 Å². The lowest BCUT2D eigenvalue weighted by atomic mass is 10.2. The molecular formula is C19H21ClN2O3. The number of carbonyl (C=O) groups excluding carboxylic acids is 2. The molecule has 0 aliphatic heterocycles. The Hall–Kier alpha value is -2.53. The van der Waals surface area contributed by atoms with Crippen LogP contribution in [-0.2, 0) is 4.79 Å². The van der Waals surface area contributed by atoms with E-state index in [0.29, 0.717) is 36.6 Å². The molecule has 2 rings (SSSR count). The van der Waals surface area contributed by atoms with E-state index in [1.807, 2.05) is 19.1 Å². The van der Waals surface area contributed by atoms with E-state index < -0.39 is 0 Å². The summed E-state index contributed by atoms with van der Waals surface area (Å²) in [5.74, 6) is 0.499. The van der Waals surface area contributed by atoms with E-state index >= 15 is 0 Å². The third kappa shape index (κ3) is 6.47. The molecule has 0 radical (unpaired) electrons. The molecule has 0 saturated carbocycles. The van der Waals surface area contributed by atoms with Crippen LogP contribution < -0.4 is 15.4 Å². The first kappa shape index (κ1) is 18.8. The van der Waals surface area contributed by atoms with Crippen LogP contribution in [0, 0.1) is 0 Å². The summed E-state index contributed by atoms with van der Waals surface area (Å²) < 4.78 is 5.35. The fourth-order valence-corrected chi connectivity index (χ4v) is 2.30. The molecule has 0 saturated heterocycles. The summed E-state index contributed by atoms with van der Waals surface area (Å²) >= 11 is 5.79. The molecule has 0 unspecified atom stereocenters. The Bertz CT molecular complexity index is 700. The van der Waals surface area contributed by atoms with Gasteiger partial charge in [-0.3, -0.25) is 9.59 Å². The van der Waals surface area contributed by atoms with Crippen LogP contribution in [0.4, 0.5) is 5.69 Å². The third-order valence-corrected chi connectivity index (χ3v) is 3.67. The Morgan fingerprint density at radius 2 is 1.72 bits per heavy atom. The predicted molar refractivity (Wildman–Crippen MR) is 99.3 cm³/mol. The Kier molecular flexibility index (Phi) is 7.29. The summed E-state index contributed by atoms with van der Waals surface area (Å²) in [5.41, 5.74) is 1.27. The highest BCUT2D eigenvalue weighted by Crippen LogP contribution is 2.15. The fourth-order valence-electron chi connectivity index (χ4n) is 2.18. The molecule has 0 aromatic heterocycles. The molecule has 0 heterocycles. The van der Waals surface area contributed by atoms with Crippen molar-refractivity contribution in [3.63, 3.8) is 0 Å². The van der Waals surface area contributed by atoms with E-state index in [2.05, 4.69) is 10.6 Å². The average Bonchev–Trinajstić information content (AvgIpc) is 2.61. The van der Waals surface area contributed by atoms with Crippen molar-refractivity contribution >= 4 is 29.1 Å². The zero-order chi connectivity index (χ0) is 18.1. The van der Waals surface area contributed by atoms with E-state index in [-0.39, 0.29) is 11.8 Å². The van der Waals surface area contributed by atoms with Gasteiger partial charge >= 0.3 is 0 Å². The number of amides is 2. The number of halogens is 1. The van der Waals surface area contributed by atoms with Gasteiger partial charge in [0.25, 0.3) is 5.91 Å². The Morgan fingerprint density at radius 1 is 1.04 bits per heavy atom. The van der Waals surface area contributed by atoms with Crippen LogP contribution >= 0.6 is 11.6 Å². The second-order valence-electron chi connectivity index (χ2n) is 5.37. The molecule has 2 aromatic carbocycles. The van der Waals surface area contributed by atoms with E-state index in [4.69, 9.17) is 16.3 Å². The lowest BCUT2D eigenvalue weighted by Crippen LogP contribution is -2.25. The van der Waals surface area contributed by atoms with Crippen molar-refractivity contribution < 1.29 is 14.3 Å². The molecule has 132 valence electrons. The summed E-state index contributed by atoms with van der Waals surface area (Å²) in [5, 5.41) is 6.18. The van der Waals surface area contributed by atoms with E-state index in [1.54, 1.807) is 36.4 Å². The van der Waals surface area contributed by atoms with Crippen LogP contribution in [0.25, 0.3) is 0 Å². The normalized spacial score (nSPS) is 10.2. The van der Waals surface area contributed by atoms with Crippen molar-refractivity contribution in [2.75, 3.05) is 18.5 Å². The highest BCUT2D eigenvalue weighted by Gasteiger charge is 2.06. The first-order chi connectivity index (χ1) is 12.1. The molecule has 0 aliphatic carbocycles. The van der Waals surface area contributed by atoms with Crippen LogP contribution in [-0.4, -0.2) is 25.0 Å². The minimum atomic E-state index is -0.177. The fraction of sp³-hybridized carbons (Fsp3) is 0.263. The van der Waals surface area contributed by atoms with Gasteiger partial charge in [0.05, 0.1) is 6.61 Å². The maximum absolute atomic E-state index is 11.9. The lowest BCUT2D eigenvalue weighted by molar-refractivity contribution is -0.116. The molecule has 0 atom stereocenters. The number of rotatable bonds is 8. The minimum absolute atomic E-state index is 0.0927. The molecule has 2 aromatic rings. The van der Waals surface area contributed by atoms with Crippen molar-refractivity contribution in [1.29, 1.82) is 0 Å². The summed E-state index contributed by atoms with van der Waals surface area (Å²) in [6, 6.07) is 13.9. The van der Waals surface area contributed by atoms with Crippen LogP contribution in [0.15, 0.2) is 48.5 Å². The molecule has 2 amide bonds. The van der Waals surface area contributed by atoms with Crippen molar-refractivity contribution in [3.8, 4) is 5.75 Å². The number of carbonyl (C=O) groups is 2. The quantitative estimate of drug-likeness (QED) is 0.702. The van der Waals surface area contributed by atoms with Crippen LogP contribution in [0.1, 0.15) is 30.1 Å². The van der Waals surface area contributed by atoms with Crippen LogP contribution in [0.5, 0.6) is 5.75 Å². The Labute approximate surface area is 152 Å². The largest absolute Gasteiger partial charge is 0.494 e. The zero-order valence-corrected chi connectivity index (χ0v) is 14.8. The second kappa shape index (κ2) is 9.69. The smallest absolute Gasteiger partial charge is 0.251 e. The van der Waals surface area contributed by atoms with Gasteiger partial charge in [-0.05, 0) is 61.9 Å². The predicted octanol–water partition coefficient (Wildman–Crippen LogP) is 3.89. The first-order valence-corrected chi connectivity index (χ1v) is 8.52. The zero-order valence-electron chi connectivity index (χ0n) is 14.0. The summed E-state index contributed by atoms with van der Waals surface area (Å²) in [6.07, 6.45) is 0.885. The molecule has 0 fully saturated rings. The van der Waals surface area contributed by atoms with E-state index in [9.17, 15) is 9.59 Å². The van der Waals surface area contributed by atoms with Gasteiger partial charge in [-0.25, -0.2) is 0 Å². The maximum Gasteiger partial charge on any atom is 0.251 e. The van der Waals surface area contributed by atoms with Crippen LogP contribution in [0.2, 0.25) is 5.02 Å². The highest BCUT2D eigenvalue weighted by molar-refractivity contribution is 6.30. The Balaban J connectivity index is 1.68. The van der Waals surface area contributed by atoms with Gasteiger partial charge in [0.15, 0.2) is 0 Å². The molecule has 6 heteroatoms. The number of benzene rings is 2. The van der Waals surface area contributed by atoms with Crippen molar-refractivity contribution in [1.82, 2.24) is 5.32 Å². The summed E-state index contributed by atoms with van der Waals surface area (Å²) in [6.45, 7) is 2.95. The van der Waals surface area contributed by atoms with Crippen molar-refractivity contribution in [2.45, 2.75) is 19.8 Å². The van der Waals surface area contributed by atoms with Crippen molar-refractivity contribution in [3.05, 3.63) is 59.1 Å². The monoisotopic (exact) mass is 360 g/mol. The highest BCUT2D eigenvalue weighted by atomic mass is 35.5. The van der Waals surface area contributed by atoms with Gasteiger partial charge in [0.1, 0.15) is 5.75 Å². The molecule has 25 heavy (non-hydrogen) atoms. The number of nitrogens with one attached hydrogen (secondary N) is 2. The molecule has 0 bridgehead atoms. The standard InChI is InChI=1S/C19H21ClN2O3/c1-2-25-17-11-9-16(10-12-17)22-18(23)4-3-13-21-19(24)14-5-7-15(20)8-6-14/h5-12H,2-4,13H2,1H3,(H,21,24)(H,22,23). The average molecular weight is 361 g/mol. The van der Waals surface area contributed by atoms with Crippen LogP contribution in [0.3, 0.4) is 0 Å². The minimum Gasteiger partial charge on any atom is -0.494 e. The topological polar surface area (TPSA) is 67.4 Å².